The first-order chi connectivity index (χ1) is 9.17. The van der Waals surface area contributed by atoms with Crippen molar-refractivity contribution >= 4 is 28.9 Å². The van der Waals surface area contributed by atoms with Gasteiger partial charge in [0, 0.05) is 18.0 Å². The number of anilines is 3. The molecule has 0 aliphatic carbocycles. The highest BCUT2D eigenvalue weighted by atomic mass is 32.1. The van der Waals surface area contributed by atoms with Gasteiger partial charge in [0.25, 0.3) is 0 Å². The molecule has 0 unspecified atom stereocenters. The van der Waals surface area contributed by atoms with Crippen LogP contribution in [0.2, 0.25) is 0 Å². The summed E-state index contributed by atoms with van der Waals surface area (Å²) in [7, 11) is 0. The molecular formula is C12H18N6S. The largest absolute Gasteiger partial charge is 0.370 e. The topological polar surface area (TPSA) is 88.8 Å². The lowest BCUT2D eigenvalue weighted by Gasteiger charge is -2.08. The van der Waals surface area contributed by atoms with E-state index < -0.39 is 0 Å². The zero-order valence-corrected chi connectivity index (χ0v) is 11.9. The maximum Gasteiger partial charge on any atom is 0.223 e. The van der Waals surface area contributed by atoms with Gasteiger partial charge in [0.1, 0.15) is 11.6 Å². The lowest BCUT2D eigenvalue weighted by Crippen LogP contribution is -2.08. The first-order valence-electron chi connectivity index (χ1n) is 6.20. The van der Waals surface area contributed by atoms with Crippen LogP contribution in [0.5, 0.6) is 0 Å². The molecule has 0 aliphatic heterocycles. The summed E-state index contributed by atoms with van der Waals surface area (Å²) in [5, 5.41) is 9.49. The van der Waals surface area contributed by atoms with E-state index in [1.807, 2.05) is 18.4 Å². The van der Waals surface area contributed by atoms with Gasteiger partial charge in [0.15, 0.2) is 0 Å². The number of aryl methyl sites for hydroxylation is 1. The van der Waals surface area contributed by atoms with E-state index in [4.69, 9.17) is 5.73 Å². The number of hydrogen-bond donors (Lipinski definition) is 3. The van der Waals surface area contributed by atoms with Gasteiger partial charge in [-0.2, -0.15) is 9.97 Å². The normalized spacial score (nSPS) is 10.4. The van der Waals surface area contributed by atoms with Crippen LogP contribution in [0.25, 0.3) is 0 Å². The molecule has 0 aromatic carbocycles. The van der Waals surface area contributed by atoms with Gasteiger partial charge >= 0.3 is 0 Å². The molecule has 0 radical (unpaired) electrons. The third-order valence-corrected chi connectivity index (χ3v) is 3.24. The number of thiazole rings is 1. The van der Waals surface area contributed by atoms with E-state index in [2.05, 4.69) is 32.5 Å². The van der Waals surface area contributed by atoms with Crippen LogP contribution in [-0.2, 0) is 6.54 Å². The van der Waals surface area contributed by atoms with Crippen molar-refractivity contribution in [3.05, 3.63) is 22.1 Å². The Kier molecular flexibility index (Phi) is 4.51. The van der Waals surface area contributed by atoms with Crippen LogP contribution in [0.4, 0.5) is 17.6 Å². The van der Waals surface area contributed by atoms with Gasteiger partial charge in [-0.3, -0.25) is 0 Å². The molecule has 0 aliphatic rings. The fourth-order valence-electron chi connectivity index (χ4n) is 1.57. The van der Waals surface area contributed by atoms with E-state index in [1.54, 1.807) is 11.3 Å². The van der Waals surface area contributed by atoms with Crippen molar-refractivity contribution in [3.8, 4) is 0 Å². The SMILES string of the molecule is CCCNc1cc(NCc2csc(C)n2)nc(N)n1. The number of nitrogens with two attached hydrogens (primary N) is 1. The molecule has 102 valence electrons. The highest BCUT2D eigenvalue weighted by molar-refractivity contribution is 7.09. The monoisotopic (exact) mass is 278 g/mol. The van der Waals surface area contributed by atoms with Gasteiger partial charge in [-0.05, 0) is 13.3 Å². The first kappa shape index (κ1) is 13.5. The predicted octanol–water partition coefficient (Wildman–Crippen LogP) is 2.26. The molecule has 0 amide bonds. The summed E-state index contributed by atoms with van der Waals surface area (Å²) in [6, 6.07) is 1.85. The Balaban J connectivity index is 2.01. The Bertz CT molecular complexity index is 539. The molecule has 7 heteroatoms. The number of rotatable bonds is 6. The molecule has 2 aromatic rings. The highest BCUT2D eigenvalue weighted by Crippen LogP contribution is 2.14. The minimum absolute atomic E-state index is 0.262. The van der Waals surface area contributed by atoms with E-state index in [1.165, 1.54) is 0 Å². The molecule has 2 aromatic heterocycles. The number of nitrogens with zero attached hydrogens (tertiary/aromatic N) is 3. The average molecular weight is 278 g/mol. The molecule has 19 heavy (non-hydrogen) atoms. The minimum atomic E-state index is 0.262. The maximum atomic E-state index is 5.69. The van der Waals surface area contributed by atoms with Crippen LogP contribution >= 0.6 is 11.3 Å². The highest BCUT2D eigenvalue weighted by Gasteiger charge is 2.03. The molecular weight excluding hydrogens is 260 g/mol. The average Bonchev–Trinajstić information content (AvgIpc) is 2.79. The zero-order valence-electron chi connectivity index (χ0n) is 11.1. The van der Waals surface area contributed by atoms with Crippen LogP contribution in [0.15, 0.2) is 11.4 Å². The lowest BCUT2D eigenvalue weighted by atomic mass is 10.4. The van der Waals surface area contributed by atoms with Crippen molar-refractivity contribution < 1.29 is 0 Å². The third-order valence-electron chi connectivity index (χ3n) is 2.42. The van der Waals surface area contributed by atoms with Crippen molar-refractivity contribution in [2.24, 2.45) is 0 Å². The standard InChI is InChI=1S/C12H18N6S/c1-3-4-14-10-5-11(18-12(13)17-10)15-6-9-7-19-8(2)16-9/h5,7H,3-4,6H2,1-2H3,(H4,13,14,15,17,18). The van der Waals surface area contributed by atoms with Crippen LogP contribution in [-0.4, -0.2) is 21.5 Å². The Morgan fingerprint density at radius 2 is 1.95 bits per heavy atom. The van der Waals surface area contributed by atoms with Gasteiger partial charge < -0.3 is 16.4 Å². The summed E-state index contributed by atoms with van der Waals surface area (Å²) in [4.78, 5) is 12.7. The van der Waals surface area contributed by atoms with E-state index in [0.717, 1.165) is 29.5 Å². The van der Waals surface area contributed by atoms with E-state index in [-0.39, 0.29) is 5.95 Å². The van der Waals surface area contributed by atoms with Crippen molar-refractivity contribution in [2.75, 3.05) is 22.9 Å². The summed E-state index contributed by atoms with van der Waals surface area (Å²) < 4.78 is 0. The summed E-state index contributed by atoms with van der Waals surface area (Å²) in [5.74, 6) is 1.71. The number of aromatic nitrogens is 3. The zero-order chi connectivity index (χ0) is 13.7. The lowest BCUT2D eigenvalue weighted by molar-refractivity contribution is 0.964. The van der Waals surface area contributed by atoms with Crippen molar-refractivity contribution in [3.63, 3.8) is 0 Å². The van der Waals surface area contributed by atoms with Gasteiger partial charge in [0.05, 0.1) is 17.2 Å². The maximum absolute atomic E-state index is 5.69. The molecule has 0 fully saturated rings. The van der Waals surface area contributed by atoms with Crippen LogP contribution < -0.4 is 16.4 Å². The third kappa shape index (κ3) is 4.06. The first-order valence-corrected chi connectivity index (χ1v) is 7.08. The molecule has 0 spiro atoms. The summed E-state index contributed by atoms with van der Waals surface area (Å²) in [6.45, 7) is 5.58. The summed E-state index contributed by atoms with van der Waals surface area (Å²) in [6.07, 6.45) is 1.03. The second-order valence-corrected chi connectivity index (χ2v) is 5.20. The number of hydrogen-bond acceptors (Lipinski definition) is 7. The second kappa shape index (κ2) is 6.33. The van der Waals surface area contributed by atoms with Gasteiger partial charge in [-0.1, -0.05) is 6.92 Å². The molecule has 0 atom stereocenters. The fourth-order valence-corrected chi connectivity index (χ4v) is 2.18. The van der Waals surface area contributed by atoms with Gasteiger partial charge in [-0.15, -0.1) is 11.3 Å². The van der Waals surface area contributed by atoms with Crippen molar-refractivity contribution in [1.29, 1.82) is 0 Å². The molecule has 6 nitrogen and oxygen atoms in total. The molecule has 0 saturated heterocycles. The quantitative estimate of drug-likeness (QED) is 0.751. The van der Waals surface area contributed by atoms with E-state index in [9.17, 15) is 0 Å². The molecule has 2 rings (SSSR count). The smallest absolute Gasteiger partial charge is 0.223 e. The van der Waals surface area contributed by atoms with Crippen molar-refractivity contribution in [2.45, 2.75) is 26.8 Å². The minimum Gasteiger partial charge on any atom is -0.370 e. The van der Waals surface area contributed by atoms with Crippen LogP contribution in [0.1, 0.15) is 24.0 Å². The predicted molar refractivity (Wildman–Crippen MR) is 79.4 cm³/mol. The van der Waals surface area contributed by atoms with Gasteiger partial charge in [0.2, 0.25) is 5.95 Å². The molecule has 0 saturated carbocycles. The number of nitrogens with one attached hydrogen (secondary N) is 2. The Labute approximate surface area is 116 Å². The Hall–Kier alpha value is -1.89. The second-order valence-electron chi connectivity index (χ2n) is 4.13. The van der Waals surface area contributed by atoms with Gasteiger partial charge in [-0.25, -0.2) is 4.98 Å². The summed E-state index contributed by atoms with van der Waals surface area (Å²) >= 11 is 1.64. The Morgan fingerprint density at radius 1 is 1.21 bits per heavy atom. The molecule has 2 heterocycles. The molecule has 0 bridgehead atoms. The fraction of sp³-hybridized carbons (Fsp3) is 0.417. The number of nitrogen functional groups attached to an aromatic ring is 1. The van der Waals surface area contributed by atoms with E-state index in [0.29, 0.717) is 12.4 Å². The van der Waals surface area contributed by atoms with Crippen LogP contribution in [0, 0.1) is 6.92 Å². The summed E-state index contributed by atoms with van der Waals surface area (Å²) in [5.41, 5.74) is 6.69. The Morgan fingerprint density at radius 3 is 2.58 bits per heavy atom. The van der Waals surface area contributed by atoms with E-state index >= 15 is 0 Å². The van der Waals surface area contributed by atoms with Crippen molar-refractivity contribution in [1.82, 2.24) is 15.0 Å². The molecule has 4 N–H and O–H groups in total. The van der Waals surface area contributed by atoms with Crippen LogP contribution in [0.3, 0.4) is 0 Å².